The maximum absolute atomic E-state index is 12.4. The fourth-order valence-electron chi connectivity index (χ4n) is 2.47. The Morgan fingerprint density at radius 1 is 1.19 bits per heavy atom. The molecule has 0 aromatic carbocycles. The molecule has 1 aromatic rings. The molecule has 1 heterocycles. The smallest absolute Gasteiger partial charge is 0.426 e. The van der Waals surface area contributed by atoms with Crippen LogP contribution in [0.25, 0.3) is 0 Å². The summed E-state index contributed by atoms with van der Waals surface area (Å²) < 4.78 is 42.0. The van der Waals surface area contributed by atoms with Crippen LogP contribution in [0.4, 0.5) is 35.8 Å². The number of rotatable bonds is 7. The summed E-state index contributed by atoms with van der Waals surface area (Å²) in [6, 6.07) is -0.331. The highest BCUT2D eigenvalue weighted by Gasteiger charge is 2.28. The van der Waals surface area contributed by atoms with E-state index in [1.54, 1.807) is 6.92 Å². The molecule has 1 aliphatic rings. The quantitative estimate of drug-likeness (QED) is 0.438. The summed E-state index contributed by atoms with van der Waals surface area (Å²) in [6.45, 7) is 0.405. The minimum Gasteiger partial charge on any atom is -0.449 e. The van der Waals surface area contributed by atoms with Gasteiger partial charge in [-0.25, -0.2) is 10.2 Å². The maximum Gasteiger partial charge on any atom is 0.426 e. The van der Waals surface area contributed by atoms with E-state index in [-0.39, 0.29) is 30.5 Å². The van der Waals surface area contributed by atoms with Gasteiger partial charge in [-0.2, -0.15) is 28.1 Å². The number of hydrazine groups is 1. The Morgan fingerprint density at radius 3 is 2.52 bits per heavy atom. The molecular formula is C14H22F3N7O3. The first kappa shape index (κ1) is 20.7. The Labute approximate surface area is 153 Å². The van der Waals surface area contributed by atoms with Crippen molar-refractivity contribution in [2.45, 2.75) is 50.9 Å². The number of halogens is 3. The summed E-state index contributed by atoms with van der Waals surface area (Å²) in [5.74, 6) is -0.576. The lowest BCUT2D eigenvalue weighted by Gasteiger charge is -2.28. The lowest BCUT2D eigenvalue weighted by atomic mass is 9.93. The van der Waals surface area contributed by atoms with E-state index >= 15 is 0 Å². The molecule has 10 nitrogen and oxygen atoms in total. The van der Waals surface area contributed by atoms with Crippen molar-refractivity contribution in [2.24, 2.45) is 0 Å². The number of carbonyl (C=O) groups excluding carboxylic acids is 1. The zero-order chi connectivity index (χ0) is 19.9. The van der Waals surface area contributed by atoms with Gasteiger partial charge in [0.25, 0.3) is 0 Å². The van der Waals surface area contributed by atoms with Gasteiger partial charge in [0.2, 0.25) is 17.8 Å². The van der Waals surface area contributed by atoms with Gasteiger partial charge >= 0.3 is 12.3 Å². The van der Waals surface area contributed by atoms with Crippen LogP contribution in [0, 0.1) is 0 Å². The second-order valence-corrected chi connectivity index (χ2v) is 5.85. The number of nitrogens with one attached hydrogen (secondary N) is 4. The van der Waals surface area contributed by atoms with Crippen LogP contribution in [-0.4, -0.2) is 57.6 Å². The Hall–Kier alpha value is -2.57. The Balaban J connectivity index is 2.12. The van der Waals surface area contributed by atoms with Gasteiger partial charge in [-0.05, 0) is 19.8 Å². The number of aromatic nitrogens is 3. The van der Waals surface area contributed by atoms with Crippen molar-refractivity contribution in [3.05, 3.63) is 0 Å². The summed E-state index contributed by atoms with van der Waals surface area (Å²) in [7, 11) is 0. The zero-order valence-corrected chi connectivity index (χ0v) is 14.6. The molecule has 1 aliphatic carbocycles. The Kier molecular flexibility index (Phi) is 7.21. The molecule has 1 fully saturated rings. The second-order valence-electron chi connectivity index (χ2n) is 5.85. The molecular weight excluding hydrogens is 371 g/mol. The van der Waals surface area contributed by atoms with Gasteiger partial charge in [0.05, 0.1) is 18.8 Å². The number of ether oxygens (including phenoxy) is 1. The summed E-state index contributed by atoms with van der Waals surface area (Å²) >= 11 is 0. The van der Waals surface area contributed by atoms with Gasteiger partial charge in [0.15, 0.2) is 0 Å². The molecule has 0 radical (unpaired) electrons. The zero-order valence-electron chi connectivity index (χ0n) is 14.6. The molecule has 13 heteroatoms. The lowest BCUT2D eigenvalue weighted by molar-refractivity contribution is -0.115. The third-order valence-electron chi connectivity index (χ3n) is 3.68. The van der Waals surface area contributed by atoms with Gasteiger partial charge in [0.1, 0.15) is 6.54 Å². The Bertz CT molecular complexity index is 632. The molecule has 2 rings (SSSR count). The highest BCUT2D eigenvalue weighted by Crippen LogP contribution is 2.22. The molecule has 0 bridgehead atoms. The average Bonchev–Trinajstić information content (AvgIpc) is 2.60. The minimum absolute atomic E-state index is 0.0335. The molecule has 5 N–H and O–H groups in total. The van der Waals surface area contributed by atoms with Crippen molar-refractivity contribution in [3.8, 4) is 0 Å². The van der Waals surface area contributed by atoms with E-state index in [9.17, 15) is 23.1 Å². The number of nitrogens with zero attached hydrogens (tertiary/aromatic N) is 3. The number of hydrogen-bond acceptors (Lipinski definition) is 9. The van der Waals surface area contributed by atoms with E-state index in [0.717, 1.165) is 12.8 Å². The van der Waals surface area contributed by atoms with Gasteiger partial charge < -0.3 is 20.5 Å². The standard InChI is InChI=1S/C14H22F3N7O3/c1-2-27-13(26)24-23-12-21-10(18-7-14(15,16)17)20-11(22-12)19-8-5-3-4-6-9(8)25/h8-9,25H,2-7H2,1H3,(H,24,26)(H3,18,19,20,21,22,23). The summed E-state index contributed by atoms with van der Waals surface area (Å²) in [4.78, 5) is 23.0. The van der Waals surface area contributed by atoms with Gasteiger partial charge in [0, 0.05) is 0 Å². The number of aliphatic hydroxyl groups excluding tert-OH is 1. The Morgan fingerprint density at radius 2 is 1.85 bits per heavy atom. The molecule has 1 saturated carbocycles. The number of aliphatic hydroxyl groups is 1. The summed E-state index contributed by atoms with van der Waals surface area (Å²) in [5, 5.41) is 15.0. The first-order chi connectivity index (χ1) is 12.8. The lowest BCUT2D eigenvalue weighted by Crippen LogP contribution is -2.37. The molecule has 27 heavy (non-hydrogen) atoms. The fourth-order valence-corrected chi connectivity index (χ4v) is 2.47. The van der Waals surface area contributed by atoms with Crippen molar-refractivity contribution in [1.29, 1.82) is 0 Å². The van der Waals surface area contributed by atoms with Crippen LogP contribution in [0.1, 0.15) is 32.6 Å². The molecule has 2 unspecified atom stereocenters. The van der Waals surface area contributed by atoms with Crippen LogP contribution < -0.4 is 21.5 Å². The van der Waals surface area contributed by atoms with Crippen molar-refractivity contribution in [2.75, 3.05) is 29.2 Å². The van der Waals surface area contributed by atoms with Gasteiger partial charge in [-0.3, -0.25) is 5.43 Å². The topological polar surface area (TPSA) is 133 Å². The van der Waals surface area contributed by atoms with Gasteiger partial charge in [-0.1, -0.05) is 12.8 Å². The highest BCUT2D eigenvalue weighted by molar-refractivity contribution is 5.68. The van der Waals surface area contributed by atoms with Crippen LogP contribution in [0.3, 0.4) is 0 Å². The van der Waals surface area contributed by atoms with Crippen molar-refractivity contribution >= 4 is 23.9 Å². The summed E-state index contributed by atoms with van der Waals surface area (Å²) in [6.07, 6.45) is -2.81. The predicted molar refractivity (Wildman–Crippen MR) is 90.0 cm³/mol. The first-order valence-electron chi connectivity index (χ1n) is 8.47. The molecule has 1 amide bonds. The third-order valence-corrected chi connectivity index (χ3v) is 3.68. The second kappa shape index (κ2) is 9.39. The van der Waals surface area contributed by atoms with Crippen LogP contribution in [-0.2, 0) is 4.74 Å². The van der Waals surface area contributed by atoms with E-state index in [1.807, 2.05) is 0 Å². The monoisotopic (exact) mass is 393 g/mol. The average molecular weight is 393 g/mol. The number of carbonyl (C=O) groups is 1. The van der Waals surface area contributed by atoms with E-state index in [1.165, 1.54) is 0 Å². The molecule has 0 aliphatic heterocycles. The van der Waals surface area contributed by atoms with Crippen LogP contribution >= 0.6 is 0 Å². The predicted octanol–water partition coefficient (Wildman–Crippen LogP) is 1.63. The molecule has 152 valence electrons. The first-order valence-corrected chi connectivity index (χ1v) is 8.47. The van der Waals surface area contributed by atoms with Crippen molar-refractivity contribution in [3.63, 3.8) is 0 Å². The molecule has 2 atom stereocenters. The summed E-state index contributed by atoms with van der Waals surface area (Å²) in [5.41, 5.74) is 4.49. The normalized spacial score (nSPS) is 19.9. The van der Waals surface area contributed by atoms with Crippen LogP contribution in [0.2, 0.25) is 0 Å². The van der Waals surface area contributed by atoms with E-state index < -0.39 is 24.9 Å². The number of alkyl halides is 3. The molecule has 0 spiro atoms. The SMILES string of the molecule is CCOC(=O)NNc1nc(NCC(F)(F)F)nc(NC2CCCCC2O)n1. The molecule has 1 aromatic heterocycles. The largest absolute Gasteiger partial charge is 0.449 e. The maximum atomic E-state index is 12.4. The van der Waals surface area contributed by atoms with Crippen LogP contribution in [0.5, 0.6) is 0 Å². The molecule has 0 saturated heterocycles. The van der Waals surface area contributed by atoms with Crippen molar-refractivity contribution < 1.29 is 27.8 Å². The minimum atomic E-state index is -4.46. The van der Waals surface area contributed by atoms with Crippen molar-refractivity contribution in [1.82, 2.24) is 20.4 Å². The number of amides is 1. The van der Waals surface area contributed by atoms with E-state index in [0.29, 0.717) is 12.8 Å². The fraction of sp³-hybridized carbons (Fsp3) is 0.714. The third kappa shape index (κ3) is 7.29. The van der Waals surface area contributed by atoms with Gasteiger partial charge in [-0.15, -0.1) is 0 Å². The van der Waals surface area contributed by atoms with E-state index in [4.69, 9.17) is 0 Å². The number of anilines is 3. The number of hydrogen-bond donors (Lipinski definition) is 5. The van der Waals surface area contributed by atoms with Crippen LogP contribution in [0.15, 0.2) is 0 Å². The van der Waals surface area contributed by atoms with E-state index in [2.05, 4.69) is 41.2 Å². The highest BCUT2D eigenvalue weighted by atomic mass is 19.4.